The Labute approximate surface area is 128 Å². The van der Waals surface area contributed by atoms with E-state index in [4.69, 9.17) is 10.5 Å². The van der Waals surface area contributed by atoms with E-state index in [9.17, 15) is 4.79 Å². The summed E-state index contributed by atoms with van der Waals surface area (Å²) < 4.78 is 5.07. The summed E-state index contributed by atoms with van der Waals surface area (Å²) in [5.41, 5.74) is 7.89. The van der Waals surface area contributed by atoms with E-state index in [2.05, 4.69) is 18.7 Å². The summed E-state index contributed by atoms with van der Waals surface area (Å²) in [6, 6.07) is 5.65. The van der Waals surface area contributed by atoms with Gasteiger partial charge in [0.15, 0.2) is 0 Å². The lowest BCUT2D eigenvalue weighted by Crippen LogP contribution is -2.26. The second-order valence-corrected chi connectivity index (χ2v) is 5.19. The maximum absolute atomic E-state index is 11.9. The highest BCUT2D eigenvalue weighted by molar-refractivity contribution is 5.96. The van der Waals surface area contributed by atoms with E-state index < -0.39 is 0 Å². The van der Waals surface area contributed by atoms with Gasteiger partial charge >= 0.3 is 5.97 Å². The largest absolute Gasteiger partial charge is 0.462 e. The molecule has 0 saturated carbocycles. The molecule has 0 unspecified atom stereocenters. The SMILES string of the molecule is CCCCN(CCCC)c1ccc(N)c(C(=O)OCC)c1. The molecule has 0 heterocycles. The summed E-state index contributed by atoms with van der Waals surface area (Å²) in [6.45, 7) is 8.53. The van der Waals surface area contributed by atoms with Gasteiger partial charge in [-0.25, -0.2) is 4.79 Å². The second-order valence-electron chi connectivity index (χ2n) is 5.19. The molecule has 0 radical (unpaired) electrons. The van der Waals surface area contributed by atoms with Crippen LogP contribution in [0.15, 0.2) is 18.2 Å². The lowest BCUT2D eigenvalue weighted by molar-refractivity contribution is 0.0527. The van der Waals surface area contributed by atoms with Crippen molar-refractivity contribution in [3.63, 3.8) is 0 Å². The highest BCUT2D eigenvalue weighted by atomic mass is 16.5. The first-order valence-corrected chi connectivity index (χ1v) is 7.95. The van der Waals surface area contributed by atoms with Crippen LogP contribution >= 0.6 is 0 Å². The number of nitrogen functional groups attached to an aromatic ring is 1. The Morgan fingerprint density at radius 2 is 1.76 bits per heavy atom. The van der Waals surface area contributed by atoms with E-state index in [0.717, 1.165) is 44.5 Å². The van der Waals surface area contributed by atoms with Gasteiger partial charge in [0.2, 0.25) is 0 Å². The Hall–Kier alpha value is -1.71. The topological polar surface area (TPSA) is 55.6 Å². The highest BCUT2D eigenvalue weighted by Gasteiger charge is 2.14. The summed E-state index contributed by atoms with van der Waals surface area (Å²) in [5.74, 6) is -0.345. The van der Waals surface area contributed by atoms with Crippen LogP contribution in [-0.4, -0.2) is 25.7 Å². The molecule has 118 valence electrons. The van der Waals surface area contributed by atoms with E-state index in [1.165, 1.54) is 0 Å². The van der Waals surface area contributed by atoms with Gasteiger partial charge in [-0.15, -0.1) is 0 Å². The number of carbonyl (C=O) groups is 1. The maximum atomic E-state index is 11.9. The minimum atomic E-state index is -0.345. The fourth-order valence-corrected chi connectivity index (χ4v) is 2.19. The van der Waals surface area contributed by atoms with Gasteiger partial charge in [0.05, 0.1) is 12.2 Å². The van der Waals surface area contributed by atoms with Crippen molar-refractivity contribution in [3.8, 4) is 0 Å². The van der Waals surface area contributed by atoms with Crippen LogP contribution in [0, 0.1) is 0 Å². The van der Waals surface area contributed by atoms with E-state index >= 15 is 0 Å². The number of esters is 1. The third-order valence-corrected chi connectivity index (χ3v) is 3.46. The Morgan fingerprint density at radius 3 is 2.29 bits per heavy atom. The van der Waals surface area contributed by atoms with Gasteiger partial charge in [0, 0.05) is 24.5 Å². The van der Waals surface area contributed by atoms with Crippen LogP contribution in [0.25, 0.3) is 0 Å². The van der Waals surface area contributed by atoms with E-state index in [1.54, 1.807) is 13.0 Å². The van der Waals surface area contributed by atoms with Crippen LogP contribution in [0.5, 0.6) is 0 Å². The number of unbranched alkanes of at least 4 members (excludes halogenated alkanes) is 2. The molecule has 2 N–H and O–H groups in total. The third-order valence-electron chi connectivity index (χ3n) is 3.46. The minimum Gasteiger partial charge on any atom is -0.462 e. The van der Waals surface area contributed by atoms with Crippen molar-refractivity contribution < 1.29 is 9.53 Å². The highest BCUT2D eigenvalue weighted by Crippen LogP contribution is 2.23. The molecule has 4 heteroatoms. The summed E-state index contributed by atoms with van der Waals surface area (Å²) in [4.78, 5) is 14.3. The van der Waals surface area contributed by atoms with Crippen molar-refractivity contribution in [3.05, 3.63) is 23.8 Å². The zero-order valence-electron chi connectivity index (χ0n) is 13.5. The standard InChI is InChI=1S/C17H28N2O2/c1-4-7-11-19(12-8-5-2)14-9-10-16(18)15(13-14)17(20)21-6-3/h9-10,13H,4-8,11-12,18H2,1-3H3. The number of hydrogen-bond acceptors (Lipinski definition) is 4. The molecule has 0 aliphatic rings. The number of ether oxygens (including phenoxy) is 1. The van der Waals surface area contributed by atoms with Crippen LogP contribution < -0.4 is 10.6 Å². The Morgan fingerprint density at radius 1 is 1.14 bits per heavy atom. The smallest absolute Gasteiger partial charge is 0.340 e. The number of nitrogens with two attached hydrogens (primary N) is 1. The molecule has 1 aromatic carbocycles. The Balaban J connectivity index is 2.96. The molecule has 0 saturated heterocycles. The summed E-state index contributed by atoms with van der Waals surface area (Å²) in [7, 11) is 0. The van der Waals surface area contributed by atoms with Crippen molar-refractivity contribution in [1.82, 2.24) is 0 Å². The summed E-state index contributed by atoms with van der Waals surface area (Å²) in [5, 5.41) is 0. The van der Waals surface area contributed by atoms with Gasteiger partial charge in [-0.05, 0) is 38.0 Å². The van der Waals surface area contributed by atoms with Crippen molar-refractivity contribution in [2.45, 2.75) is 46.5 Å². The van der Waals surface area contributed by atoms with Crippen LogP contribution in [0.2, 0.25) is 0 Å². The van der Waals surface area contributed by atoms with Crippen LogP contribution in [0.3, 0.4) is 0 Å². The molecule has 0 aromatic heterocycles. The van der Waals surface area contributed by atoms with Crippen molar-refractivity contribution in [2.75, 3.05) is 30.3 Å². The second kappa shape index (κ2) is 9.27. The Kier molecular flexibility index (Phi) is 7.65. The molecule has 0 amide bonds. The van der Waals surface area contributed by atoms with Gasteiger partial charge in [-0.2, -0.15) is 0 Å². The minimum absolute atomic E-state index is 0.345. The number of rotatable bonds is 9. The van der Waals surface area contributed by atoms with E-state index in [0.29, 0.717) is 17.9 Å². The predicted molar refractivity (Wildman–Crippen MR) is 88.8 cm³/mol. The molecular weight excluding hydrogens is 264 g/mol. The quantitative estimate of drug-likeness (QED) is 0.555. The first-order valence-electron chi connectivity index (χ1n) is 7.95. The molecule has 1 aromatic rings. The number of carbonyl (C=O) groups excluding carboxylic acids is 1. The van der Waals surface area contributed by atoms with Crippen LogP contribution in [0.4, 0.5) is 11.4 Å². The van der Waals surface area contributed by atoms with Gasteiger partial charge < -0.3 is 15.4 Å². The summed E-state index contributed by atoms with van der Waals surface area (Å²) in [6.07, 6.45) is 4.59. The molecule has 21 heavy (non-hydrogen) atoms. The Bertz CT molecular complexity index is 438. The van der Waals surface area contributed by atoms with E-state index in [-0.39, 0.29) is 5.97 Å². The maximum Gasteiger partial charge on any atom is 0.340 e. The molecule has 4 nitrogen and oxygen atoms in total. The van der Waals surface area contributed by atoms with Gasteiger partial charge in [-0.1, -0.05) is 26.7 Å². The van der Waals surface area contributed by atoms with Crippen molar-refractivity contribution >= 4 is 17.3 Å². The summed E-state index contributed by atoms with van der Waals surface area (Å²) >= 11 is 0. The fraction of sp³-hybridized carbons (Fsp3) is 0.588. The van der Waals surface area contributed by atoms with Gasteiger partial charge in [0.25, 0.3) is 0 Å². The predicted octanol–water partition coefficient (Wildman–Crippen LogP) is 3.85. The number of anilines is 2. The van der Waals surface area contributed by atoms with Crippen molar-refractivity contribution in [2.24, 2.45) is 0 Å². The van der Waals surface area contributed by atoms with Crippen LogP contribution in [-0.2, 0) is 4.74 Å². The molecule has 0 fully saturated rings. The monoisotopic (exact) mass is 292 g/mol. The fourth-order valence-electron chi connectivity index (χ4n) is 2.19. The van der Waals surface area contributed by atoms with Gasteiger partial charge in [0.1, 0.15) is 0 Å². The molecule has 0 atom stereocenters. The number of benzene rings is 1. The average molecular weight is 292 g/mol. The lowest BCUT2D eigenvalue weighted by Gasteiger charge is -2.25. The molecular formula is C17H28N2O2. The molecule has 0 spiro atoms. The molecule has 0 aliphatic heterocycles. The first kappa shape index (κ1) is 17.3. The van der Waals surface area contributed by atoms with E-state index in [1.807, 2.05) is 12.1 Å². The zero-order valence-corrected chi connectivity index (χ0v) is 13.5. The normalized spacial score (nSPS) is 10.4. The average Bonchev–Trinajstić information content (AvgIpc) is 2.48. The third kappa shape index (κ3) is 5.29. The van der Waals surface area contributed by atoms with Gasteiger partial charge in [-0.3, -0.25) is 0 Å². The first-order chi connectivity index (χ1) is 10.1. The molecule has 0 bridgehead atoms. The number of nitrogens with zero attached hydrogens (tertiary/aromatic N) is 1. The van der Waals surface area contributed by atoms with Crippen LogP contribution in [0.1, 0.15) is 56.8 Å². The molecule has 0 aliphatic carbocycles. The zero-order chi connectivity index (χ0) is 15.7. The number of hydrogen-bond donors (Lipinski definition) is 1. The van der Waals surface area contributed by atoms with Crippen molar-refractivity contribution in [1.29, 1.82) is 0 Å². The molecule has 1 rings (SSSR count). The lowest BCUT2D eigenvalue weighted by atomic mass is 10.1.